The van der Waals surface area contributed by atoms with Crippen LogP contribution in [0.1, 0.15) is 30.4 Å². The molecule has 0 aliphatic carbocycles. The Morgan fingerprint density at radius 1 is 1.39 bits per heavy atom. The highest BCUT2D eigenvalue weighted by atomic mass is 16.5. The van der Waals surface area contributed by atoms with Gasteiger partial charge in [-0.3, -0.25) is 0 Å². The van der Waals surface area contributed by atoms with Crippen LogP contribution in [-0.4, -0.2) is 38.7 Å². The van der Waals surface area contributed by atoms with Gasteiger partial charge < -0.3 is 19.4 Å². The van der Waals surface area contributed by atoms with Crippen LogP contribution in [-0.2, 0) is 17.9 Å². The van der Waals surface area contributed by atoms with Crippen LogP contribution in [0.5, 0.6) is 0 Å². The maximum absolute atomic E-state index is 5.69. The predicted octanol–water partition coefficient (Wildman–Crippen LogP) is 2.17. The molecule has 0 saturated carbocycles. The van der Waals surface area contributed by atoms with E-state index in [-0.39, 0.29) is 0 Å². The third-order valence-corrected chi connectivity index (χ3v) is 2.74. The summed E-state index contributed by atoms with van der Waals surface area (Å²) < 4.78 is 11.3. The largest absolute Gasteiger partial charge is 0.465 e. The van der Waals surface area contributed by atoms with Crippen molar-refractivity contribution in [2.45, 2.75) is 33.4 Å². The van der Waals surface area contributed by atoms with Crippen LogP contribution < -0.4 is 5.32 Å². The Kier molecular flexibility index (Phi) is 7.01. The first kappa shape index (κ1) is 15.2. The van der Waals surface area contributed by atoms with Crippen molar-refractivity contribution in [3.05, 3.63) is 23.2 Å². The molecule has 1 N–H and O–H groups in total. The monoisotopic (exact) mass is 254 g/mol. The summed E-state index contributed by atoms with van der Waals surface area (Å²) in [5.41, 5.74) is 1.15. The Labute approximate surface area is 110 Å². The van der Waals surface area contributed by atoms with Crippen molar-refractivity contribution >= 4 is 0 Å². The van der Waals surface area contributed by atoms with E-state index in [4.69, 9.17) is 9.15 Å². The molecule has 0 unspecified atom stereocenters. The van der Waals surface area contributed by atoms with Gasteiger partial charge in [0.1, 0.15) is 11.5 Å². The van der Waals surface area contributed by atoms with Crippen molar-refractivity contribution < 1.29 is 9.15 Å². The zero-order chi connectivity index (χ0) is 13.4. The molecular weight excluding hydrogens is 228 g/mol. The van der Waals surface area contributed by atoms with Gasteiger partial charge in [0, 0.05) is 12.1 Å². The number of furan rings is 1. The van der Waals surface area contributed by atoms with Crippen LogP contribution in [0.2, 0.25) is 0 Å². The Morgan fingerprint density at radius 2 is 2.17 bits per heavy atom. The van der Waals surface area contributed by atoms with E-state index in [1.807, 2.05) is 21.0 Å². The quantitative estimate of drug-likeness (QED) is 0.685. The third kappa shape index (κ3) is 5.67. The van der Waals surface area contributed by atoms with Gasteiger partial charge in [-0.2, -0.15) is 0 Å². The molecule has 1 aromatic heterocycles. The van der Waals surface area contributed by atoms with Crippen LogP contribution in [0.15, 0.2) is 10.5 Å². The van der Waals surface area contributed by atoms with Gasteiger partial charge in [0.05, 0.1) is 19.8 Å². The number of aryl methyl sites for hydroxylation is 1. The summed E-state index contributed by atoms with van der Waals surface area (Å²) in [6.07, 6.45) is 1.14. The first-order chi connectivity index (χ1) is 8.63. The van der Waals surface area contributed by atoms with Gasteiger partial charge in [0.15, 0.2) is 0 Å². The summed E-state index contributed by atoms with van der Waals surface area (Å²) in [6.45, 7) is 8.30. The van der Waals surface area contributed by atoms with Crippen molar-refractivity contribution in [3.8, 4) is 0 Å². The van der Waals surface area contributed by atoms with E-state index in [0.29, 0.717) is 6.61 Å². The minimum Gasteiger partial charge on any atom is -0.465 e. The van der Waals surface area contributed by atoms with Crippen LogP contribution in [0.25, 0.3) is 0 Å². The SMILES string of the molecule is CCCNCc1cc(COCCN(C)C)c(C)o1. The van der Waals surface area contributed by atoms with E-state index in [9.17, 15) is 0 Å². The highest BCUT2D eigenvalue weighted by molar-refractivity contribution is 5.19. The molecule has 18 heavy (non-hydrogen) atoms. The average molecular weight is 254 g/mol. The molecule has 4 nitrogen and oxygen atoms in total. The highest BCUT2D eigenvalue weighted by Crippen LogP contribution is 2.15. The number of likely N-dealkylation sites (N-methyl/N-ethyl adjacent to an activating group) is 1. The van der Waals surface area contributed by atoms with Crippen molar-refractivity contribution in [2.24, 2.45) is 0 Å². The second kappa shape index (κ2) is 8.29. The fourth-order valence-corrected chi connectivity index (χ4v) is 1.64. The minimum absolute atomic E-state index is 0.636. The number of nitrogens with zero attached hydrogens (tertiary/aromatic N) is 1. The second-order valence-electron chi connectivity index (χ2n) is 4.83. The summed E-state index contributed by atoms with van der Waals surface area (Å²) in [4.78, 5) is 2.11. The number of hydrogen-bond acceptors (Lipinski definition) is 4. The molecule has 1 heterocycles. The molecule has 0 spiro atoms. The van der Waals surface area contributed by atoms with Crippen LogP contribution in [0.4, 0.5) is 0 Å². The average Bonchev–Trinajstić information content (AvgIpc) is 2.66. The maximum Gasteiger partial charge on any atom is 0.118 e. The molecule has 0 bridgehead atoms. The molecule has 0 saturated heterocycles. The molecule has 1 rings (SSSR count). The zero-order valence-electron chi connectivity index (χ0n) is 12.1. The van der Waals surface area contributed by atoms with E-state index in [1.54, 1.807) is 0 Å². The van der Waals surface area contributed by atoms with E-state index in [2.05, 4.69) is 23.2 Å². The number of ether oxygens (including phenoxy) is 1. The highest BCUT2D eigenvalue weighted by Gasteiger charge is 2.07. The molecule has 0 aliphatic rings. The fraction of sp³-hybridized carbons (Fsp3) is 0.714. The van der Waals surface area contributed by atoms with Crippen molar-refractivity contribution in [3.63, 3.8) is 0 Å². The van der Waals surface area contributed by atoms with Crippen LogP contribution >= 0.6 is 0 Å². The lowest BCUT2D eigenvalue weighted by molar-refractivity contribution is 0.104. The Hall–Kier alpha value is -0.840. The predicted molar refractivity (Wildman–Crippen MR) is 73.7 cm³/mol. The van der Waals surface area contributed by atoms with E-state index < -0.39 is 0 Å². The van der Waals surface area contributed by atoms with E-state index in [1.165, 1.54) is 0 Å². The molecule has 0 aliphatic heterocycles. The maximum atomic E-state index is 5.69. The normalized spacial score (nSPS) is 11.4. The van der Waals surface area contributed by atoms with Gasteiger partial charge in [-0.25, -0.2) is 0 Å². The van der Waals surface area contributed by atoms with Crippen LogP contribution in [0, 0.1) is 6.92 Å². The third-order valence-electron chi connectivity index (χ3n) is 2.74. The molecule has 0 amide bonds. The molecule has 1 aromatic rings. The molecule has 0 radical (unpaired) electrons. The van der Waals surface area contributed by atoms with Crippen molar-refractivity contribution in [1.29, 1.82) is 0 Å². The first-order valence-electron chi connectivity index (χ1n) is 6.64. The summed E-state index contributed by atoms with van der Waals surface area (Å²) >= 11 is 0. The lowest BCUT2D eigenvalue weighted by Gasteiger charge is -2.09. The van der Waals surface area contributed by atoms with Gasteiger partial charge in [-0.1, -0.05) is 6.92 Å². The van der Waals surface area contributed by atoms with Gasteiger partial charge in [-0.15, -0.1) is 0 Å². The summed E-state index contributed by atoms with van der Waals surface area (Å²) in [5, 5.41) is 3.33. The molecule has 0 atom stereocenters. The summed E-state index contributed by atoms with van der Waals surface area (Å²) in [5.74, 6) is 1.96. The summed E-state index contributed by atoms with van der Waals surface area (Å²) in [7, 11) is 4.09. The Balaban J connectivity index is 2.32. The van der Waals surface area contributed by atoms with Crippen LogP contribution in [0.3, 0.4) is 0 Å². The Bertz CT molecular complexity index is 335. The minimum atomic E-state index is 0.636. The summed E-state index contributed by atoms with van der Waals surface area (Å²) in [6, 6.07) is 2.09. The zero-order valence-corrected chi connectivity index (χ0v) is 12.1. The molecule has 0 aromatic carbocycles. The number of hydrogen-bond donors (Lipinski definition) is 1. The van der Waals surface area contributed by atoms with Crippen molar-refractivity contribution in [1.82, 2.24) is 10.2 Å². The van der Waals surface area contributed by atoms with E-state index in [0.717, 1.165) is 49.7 Å². The number of nitrogens with one attached hydrogen (secondary N) is 1. The Morgan fingerprint density at radius 3 is 2.83 bits per heavy atom. The van der Waals surface area contributed by atoms with Crippen molar-refractivity contribution in [2.75, 3.05) is 33.8 Å². The van der Waals surface area contributed by atoms with Gasteiger partial charge >= 0.3 is 0 Å². The first-order valence-corrected chi connectivity index (χ1v) is 6.64. The molecule has 4 heteroatoms. The van der Waals surface area contributed by atoms with Gasteiger partial charge in [-0.05, 0) is 40.1 Å². The van der Waals surface area contributed by atoms with Gasteiger partial charge in [0.25, 0.3) is 0 Å². The lowest BCUT2D eigenvalue weighted by Crippen LogP contribution is -2.17. The molecule has 104 valence electrons. The van der Waals surface area contributed by atoms with E-state index >= 15 is 0 Å². The molecular formula is C14H26N2O2. The topological polar surface area (TPSA) is 37.6 Å². The standard InChI is InChI=1S/C14H26N2O2/c1-5-6-15-10-14-9-13(12(2)18-14)11-17-8-7-16(3)4/h9,15H,5-8,10-11H2,1-4H3. The molecule has 0 fully saturated rings. The fourth-order valence-electron chi connectivity index (χ4n) is 1.64. The number of rotatable bonds is 9. The lowest BCUT2D eigenvalue weighted by atomic mass is 10.2. The second-order valence-corrected chi connectivity index (χ2v) is 4.83. The smallest absolute Gasteiger partial charge is 0.118 e. The van der Waals surface area contributed by atoms with Gasteiger partial charge in [0.2, 0.25) is 0 Å².